The molecule has 3 heterocycles. The number of rotatable bonds is 7. The highest BCUT2D eigenvalue weighted by atomic mass is 19.1. The number of benzene rings is 2. The van der Waals surface area contributed by atoms with Gasteiger partial charge >= 0.3 is 0 Å². The lowest BCUT2D eigenvalue weighted by atomic mass is 10.0. The topological polar surface area (TPSA) is 129 Å². The maximum absolute atomic E-state index is 15.1. The Labute approximate surface area is 228 Å². The van der Waals surface area contributed by atoms with Gasteiger partial charge in [0.15, 0.2) is 11.6 Å². The van der Waals surface area contributed by atoms with Crippen molar-refractivity contribution in [1.82, 2.24) is 24.1 Å². The highest BCUT2D eigenvalue weighted by molar-refractivity contribution is 5.92. The number of hydrogen-bond acceptors (Lipinski definition) is 7. The second kappa shape index (κ2) is 9.80. The molecule has 3 aromatic heterocycles. The minimum Gasteiger partial charge on any atom is -0.392 e. The van der Waals surface area contributed by atoms with Crippen LogP contribution in [0.25, 0.3) is 27.8 Å². The molecule has 5 aromatic rings. The zero-order valence-electron chi connectivity index (χ0n) is 22.1. The van der Waals surface area contributed by atoms with E-state index in [1.54, 1.807) is 48.1 Å². The van der Waals surface area contributed by atoms with E-state index in [0.717, 1.165) is 24.0 Å². The molecule has 6 rings (SSSR count). The van der Waals surface area contributed by atoms with Gasteiger partial charge in [-0.2, -0.15) is 9.97 Å². The van der Waals surface area contributed by atoms with Crippen LogP contribution in [0.1, 0.15) is 58.7 Å². The van der Waals surface area contributed by atoms with E-state index < -0.39 is 18.0 Å². The molecule has 0 unspecified atom stereocenters. The van der Waals surface area contributed by atoms with Crippen molar-refractivity contribution in [3.05, 3.63) is 99.2 Å². The van der Waals surface area contributed by atoms with E-state index in [-0.39, 0.29) is 22.9 Å². The number of fused-ring (bicyclic) bond motifs is 1. The molecule has 1 aliphatic carbocycles. The van der Waals surface area contributed by atoms with Gasteiger partial charge in [-0.15, -0.1) is 0 Å². The molecule has 0 saturated heterocycles. The predicted octanol–water partition coefficient (Wildman–Crippen LogP) is 4.07. The number of halogens is 1. The third kappa shape index (κ3) is 4.56. The van der Waals surface area contributed by atoms with Crippen LogP contribution in [0.2, 0.25) is 0 Å². The summed E-state index contributed by atoms with van der Waals surface area (Å²) in [6.07, 6.45) is 5.79. The van der Waals surface area contributed by atoms with Crippen LogP contribution in [-0.2, 0) is 20.1 Å². The van der Waals surface area contributed by atoms with E-state index in [1.807, 2.05) is 12.3 Å². The lowest BCUT2D eigenvalue weighted by molar-refractivity contribution is 0.101. The fourth-order valence-electron chi connectivity index (χ4n) is 5.27. The second-order valence-corrected chi connectivity index (χ2v) is 10.2. The summed E-state index contributed by atoms with van der Waals surface area (Å²) in [5.41, 5.74) is 9.04. The molecule has 3 N–H and O–H groups in total. The average molecular weight is 539 g/mol. The van der Waals surface area contributed by atoms with Crippen molar-refractivity contribution in [1.29, 1.82) is 0 Å². The second-order valence-electron chi connectivity index (χ2n) is 10.2. The first-order valence-corrected chi connectivity index (χ1v) is 13.0. The van der Waals surface area contributed by atoms with Crippen LogP contribution < -0.4 is 11.3 Å². The van der Waals surface area contributed by atoms with Crippen molar-refractivity contribution < 1.29 is 14.3 Å². The first-order chi connectivity index (χ1) is 19.2. The highest BCUT2D eigenvalue weighted by Crippen LogP contribution is 2.41. The molecule has 202 valence electrons. The molecule has 1 fully saturated rings. The summed E-state index contributed by atoms with van der Waals surface area (Å²) in [4.78, 5) is 38.5. The summed E-state index contributed by atoms with van der Waals surface area (Å²) >= 11 is 0. The van der Waals surface area contributed by atoms with Crippen LogP contribution >= 0.6 is 0 Å². The largest absolute Gasteiger partial charge is 0.392 e. The lowest BCUT2D eigenvalue weighted by Crippen LogP contribution is -2.20. The Kier molecular flexibility index (Phi) is 6.26. The van der Waals surface area contributed by atoms with Crippen molar-refractivity contribution in [2.24, 2.45) is 7.05 Å². The number of carbonyl (C=O) groups is 1. The number of anilines is 1. The maximum atomic E-state index is 15.1. The number of ketones is 1. The summed E-state index contributed by atoms with van der Waals surface area (Å²) in [5, 5.41) is 11.0. The van der Waals surface area contributed by atoms with Gasteiger partial charge in [-0.3, -0.25) is 14.2 Å². The van der Waals surface area contributed by atoms with Crippen molar-refractivity contribution >= 4 is 22.5 Å². The molecule has 0 amide bonds. The summed E-state index contributed by atoms with van der Waals surface area (Å²) in [7, 11) is 1.79. The Morgan fingerprint density at radius 2 is 1.95 bits per heavy atom. The maximum Gasteiger partial charge on any atom is 0.265 e. The quantitative estimate of drug-likeness (QED) is 0.299. The number of aryl methyl sites for hydroxylation is 1. The number of aromatic nitrogens is 5. The molecule has 1 aliphatic rings. The fraction of sp³-hybridized carbons (Fsp3) is 0.233. The molecule has 9 nitrogen and oxygen atoms in total. The van der Waals surface area contributed by atoms with Gasteiger partial charge in [0, 0.05) is 43.9 Å². The zero-order chi connectivity index (χ0) is 28.1. The molecule has 40 heavy (non-hydrogen) atoms. The van der Waals surface area contributed by atoms with Crippen LogP contribution in [0.3, 0.4) is 0 Å². The van der Waals surface area contributed by atoms with Crippen molar-refractivity contribution in [2.75, 3.05) is 5.73 Å². The van der Waals surface area contributed by atoms with Crippen LogP contribution in [0, 0.1) is 5.82 Å². The summed E-state index contributed by atoms with van der Waals surface area (Å²) in [5.74, 6) is 0.354. The molecule has 0 radical (unpaired) electrons. The van der Waals surface area contributed by atoms with E-state index in [9.17, 15) is 14.7 Å². The molecule has 10 heteroatoms. The number of aliphatic hydroxyl groups is 1. The number of nitrogens with two attached hydrogens (primary N) is 1. The first kappa shape index (κ1) is 25.6. The monoisotopic (exact) mass is 538 g/mol. The highest BCUT2D eigenvalue weighted by Gasteiger charge is 2.25. The van der Waals surface area contributed by atoms with E-state index >= 15 is 4.39 Å². The molecular formula is C30H27FN6O3. The van der Waals surface area contributed by atoms with Gasteiger partial charge in [-0.25, -0.2) is 9.37 Å². The lowest BCUT2D eigenvalue weighted by Gasteiger charge is -2.15. The molecular weight excluding hydrogens is 511 g/mol. The summed E-state index contributed by atoms with van der Waals surface area (Å²) in [6, 6.07) is 11.9. The molecule has 0 aliphatic heterocycles. The first-order valence-electron chi connectivity index (χ1n) is 13.0. The molecule has 2 aromatic carbocycles. The minimum atomic E-state index is -0.552. The van der Waals surface area contributed by atoms with Crippen LogP contribution in [0.15, 0.2) is 59.7 Å². The van der Waals surface area contributed by atoms with Crippen LogP contribution in [0.4, 0.5) is 10.3 Å². The van der Waals surface area contributed by atoms with E-state index in [0.29, 0.717) is 46.1 Å². The van der Waals surface area contributed by atoms with Gasteiger partial charge in [-0.05, 0) is 59.5 Å². The number of pyridine rings is 1. The third-order valence-electron chi connectivity index (χ3n) is 7.32. The number of nitrogen functional groups attached to an aromatic ring is 1. The van der Waals surface area contributed by atoms with Crippen LogP contribution in [-0.4, -0.2) is 35.0 Å². The standard InChI is InChI=1S/C30H27FN6O3/c1-16(39)25-10-17(14-36(25)2)11-26-33-28(35-30(32)34-26)21-4-3-5-24(22(21)15-38)37-9-8-19-12-20(18-6-7-18)13-23(31)27(19)29(37)40/h3-5,8-10,12-14,18,38H,6-7,11,15H2,1-2H3,(H2,32,33,34,35). The Bertz CT molecular complexity index is 1870. The van der Waals surface area contributed by atoms with Crippen molar-refractivity contribution in [3.63, 3.8) is 0 Å². The molecule has 0 spiro atoms. The van der Waals surface area contributed by atoms with Gasteiger partial charge < -0.3 is 15.4 Å². The normalized spacial score (nSPS) is 13.2. The molecule has 0 atom stereocenters. The number of aliphatic hydroxyl groups excluding tert-OH is 1. The summed E-state index contributed by atoms with van der Waals surface area (Å²) in [6.45, 7) is 1.07. The van der Waals surface area contributed by atoms with E-state index in [4.69, 9.17) is 5.73 Å². The van der Waals surface area contributed by atoms with Gasteiger partial charge in [0.2, 0.25) is 5.95 Å². The van der Waals surface area contributed by atoms with E-state index in [2.05, 4.69) is 15.0 Å². The summed E-state index contributed by atoms with van der Waals surface area (Å²) < 4.78 is 18.2. The number of carbonyl (C=O) groups excluding carboxylic acids is 1. The third-order valence-corrected chi connectivity index (χ3v) is 7.32. The number of nitrogens with zero attached hydrogens (tertiary/aromatic N) is 5. The Morgan fingerprint density at radius 3 is 2.65 bits per heavy atom. The van der Waals surface area contributed by atoms with Crippen molar-refractivity contribution in [3.8, 4) is 17.1 Å². The molecule has 1 saturated carbocycles. The van der Waals surface area contributed by atoms with Gasteiger partial charge in [0.1, 0.15) is 11.6 Å². The Morgan fingerprint density at radius 1 is 1.15 bits per heavy atom. The Balaban J connectivity index is 1.43. The average Bonchev–Trinajstić information content (AvgIpc) is 3.70. The van der Waals surface area contributed by atoms with E-state index in [1.165, 1.54) is 17.6 Å². The van der Waals surface area contributed by atoms with Gasteiger partial charge in [0.25, 0.3) is 5.56 Å². The van der Waals surface area contributed by atoms with Crippen molar-refractivity contribution in [2.45, 2.75) is 38.7 Å². The smallest absolute Gasteiger partial charge is 0.265 e. The number of hydrogen-bond donors (Lipinski definition) is 2. The predicted molar refractivity (Wildman–Crippen MR) is 149 cm³/mol. The Hall–Kier alpha value is -4.70. The minimum absolute atomic E-state index is 0.000626. The molecule has 0 bridgehead atoms. The zero-order valence-corrected chi connectivity index (χ0v) is 22.1. The fourth-order valence-corrected chi connectivity index (χ4v) is 5.27. The SMILES string of the molecule is CC(=O)c1cc(Cc2nc(N)nc(-c3cccc(-n4ccc5cc(C6CC6)cc(F)c5c4=O)c3CO)n2)cn1C. The van der Waals surface area contributed by atoms with Gasteiger partial charge in [-0.1, -0.05) is 18.2 Å². The van der Waals surface area contributed by atoms with Gasteiger partial charge in [0.05, 0.1) is 23.4 Å². The van der Waals surface area contributed by atoms with Crippen LogP contribution in [0.5, 0.6) is 0 Å². The number of Topliss-reactive ketones (excluding diaryl/α,β-unsaturated/α-hetero) is 1.